The topological polar surface area (TPSA) is 113 Å². The van der Waals surface area contributed by atoms with E-state index in [-0.39, 0.29) is 16.3 Å². The van der Waals surface area contributed by atoms with E-state index in [1.807, 2.05) is 32.0 Å². The van der Waals surface area contributed by atoms with Crippen molar-refractivity contribution in [3.8, 4) is 0 Å². The van der Waals surface area contributed by atoms with Crippen LogP contribution in [-0.4, -0.2) is 16.9 Å². The molecule has 0 saturated heterocycles. The summed E-state index contributed by atoms with van der Waals surface area (Å²) in [5.41, 5.74) is 3.28. The van der Waals surface area contributed by atoms with Crippen LogP contribution in [0.25, 0.3) is 0 Å². The Kier molecular flexibility index (Phi) is 5.56. The maximum atomic E-state index is 13.1. The number of benzene rings is 2. The molecule has 8 nitrogen and oxygen atoms in total. The smallest absolute Gasteiger partial charge is 0.319 e. The number of hydrogen-bond donors (Lipinski definition) is 3. The lowest BCUT2D eigenvalue weighted by molar-refractivity contribution is -0.384. The zero-order valence-corrected chi connectivity index (χ0v) is 16.8. The number of carbonyl (C=O) groups excluding carboxylic acids is 2. The summed E-state index contributed by atoms with van der Waals surface area (Å²) < 4.78 is 0. The van der Waals surface area contributed by atoms with Crippen molar-refractivity contribution in [1.29, 1.82) is 0 Å². The number of nitrogens with zero attached hydrogens (tertiary/aromatic N) is 1. The number of carbonyl (C=O) groups is 2. The van der Waals surface area contributed by atoms with Crippen molar-refractivity contribution in [2.24, 2.45) is 0 Å². The maximum absolute atomic E-state index is 13.1. The van der Waals surface area contributed by atoms with Gasteiger partial charge < -0.3 is 16.0 Å². The Morgan fingerprint density at radius 1 is 1.14 bits per heavy atom. The highest BCUT2D eigenvalue weighted by molar-refractivity contribution is 6.32. The molecule has 3 amide bonds. The van der Waals surface area contributed by atoms with Gasteiger partial charge in [-0.3, -0.25) is 14.9 Å². The number of aryl methyl sites for hydroxylation is 2. The standard InChI is InChI=1S/C20H19ClN4O4/c1-10-6-11(2)8-14(7-10)23-19(26)17-12(3)22-20(27)24-18(17)13-4-5-15(21)16(9-13)25(28)29/h4-9,18H,1-3H3,(H,23,26)(H2,22,24,27)/t18-/m0/s1. The molecule has 1 aliphatic heterocycles. The second kappa shape index (κ2) is 7.92. The summed E-state index contributed by atoms with van der Waals surface area (Å²) in [4.78, 5) is 35.7. The van der Waals surface area contributed by atoms with Crippen molar-refractivity contribution in [3.05, 3.63) is 79.5 Å². The van der Waals surface area contributed by atoms with Crippen LogP contribution in [0.1, 0.15) is 29.7 Å². The lowest BCUT2D eigenvalue weighted by Crippen LogP contribution is -2.46. The molecular weight excluding hydrogens is 396 g/mol. The second-order valence-corrected chi connectivity index (χ2v) is 7.28. The van der Waals surface area contributed by atoms with E-state index in [9.17, 15) is 19.7 Å². The highest BCUT2D eigenvalue weighted by atomic mass is 35.5. The number of nitro groups is 1. The molecule has 29 heavy (non-hydrogen) atoms. The van der Waals surface area contributed by atoms with Crippen LogP contribution in [0.2, 0.25) is 5.02 Å². The Labute approximate surface area is 172 Å². The quantitative estimate of drug-likeness (QED) is 0.515. The number of halogens is 1. The molecule has 3 rings (SSSR count). The van der Waals surface area contributed by atoms with Crippen LogP contribution >= 0.6 is 11.6 Å². The van der Waals surface area contributed by atoms with Gasteiger partial charge in [0.2, 0.25) is 0 Å². The minimum atomic E-state index is -0.870. The summed E-state index contributed by atoms with van der Waals surface area (Å²) in [6.07, 6.45) is 0. The van der Waals surface area contributed by atoms with Crippen LogP contribution in [0.3, 0.4) is 0 Å². The zero-order valence-electron chi connectivity index (χ0n) is 16.0. The minimum absolute atomic E-state index is 0.0269. The number of nitro benzene ring substituents is 1. The molecule has 0 radical (unpaired) electrons. The van der Waals surface area contributed by atoms with Gasteiger partial charge in [-0.1, -0.05) is 23.7 Å². The van der Waals surface area contributed by atoms with Crippen LogP contribution in [0, 0.1) is 24.0 Å². The summed E-state index contributed by atoms with van der Waals surface area (Å²) in [5.74, 6) is -0.428. The molecule has 1 heterocycles. The number of rotatable bonds is 4. The maximum Gasteiger partial charge on any atom is 0.319 e. The number of nitrogens with one attached hydrogen (secondary N) is 3. The Morgan fingerprint density at radius 3 is 2.41 bits per heavy atom. The van der Waals surface area contributed by atoms with Crippen LogP contribution in [0.5, 0.6) is 0 Å². The Bertz CT molecular complexity index is 1040. The molecule has 0 fully saturated rings. The molecule has 0 spiro atoms. The van der Waals surface area contributed by atoms with Crippen LogP contribution in [0.4, 0.5) is 16.2 Å². The third kappa shape index (κ3) is 4.38. The van der Waals surface area contributed by atoms with E-state index in [1.54, 1.807) is 13.0 Å². The highest BCUT2D eigenvalue weighted by Gasteiger charge is 2.32. The van der Waals surface area contributed by atoms with Crippen molar-refractivity contribution in [2.75, 3.05) is 5.32 Å². The summed E-state index contributed by atoms with van der Waals surface area (Å²) in [6, 6.07) is 8.45. The van der Waals surface area contributed by atoms with Gasteiger partial charge in [0, 0.05) is 17.5 Å². The molecule has 3 N–H and O–H groups in total. The fourth-order valence-corrected chi connectivity index (χ4v) is 3.53. The number of urea groups is 1. The SMILES string of the molecule is CC1=C(C(=O)Nc2cc(C)cc(C)c2)[C@H](c2ccc(Cl)c([N+](=O)[O-])c2)NC(=O)N1. The average molecular weight is 415 g/mol. The number of allylic oxidation sites excluding steroid dienone is 1. The van der Waals surface area contributed by atoms with Gasteiger partial charge in [0.25, 0.3) is 11.6 Å². The van der Waals surface area contributed by atoms with Crippen molar-refractivity contribution in [3.63, 3.8) is 0 Å². The van der Waals surface area contributed by atoms with Gasteiger partial charge >= 0.3 is 6.03 Å². The highest BCUT2D eigenvalue weighted by Crippen LogP contribution is 2.33. The van der Waals surface area contributed by atoms with Crippen LogP contribution in [0.15, 0.2) is 47.7 Å². The van der Waals surface area contributed by atoms with Crippen LogP contribution in [-0.2, 0) is 4.79 Å². The largest absolute Gasteiger partial charge is 0.327 e. The molecule has 150 valence electrons. The van der Waals surface area contributed by atoms with Crippen molar-refractivity contribution in [1.82, 2.24) is 10.6 Å². The van der Waals surface area contributed by atoms with E-state index in [1.165, 1.54) is 12.1 Å². The summed E-state index contributed by atoms with van der Waals surface area (Å²) in [7, 11) is 0. The lowest BCUT2D eigenvalue weighted by atomic mass is 9.94. The van der Waals surface area contributed by atoms with E-state index in [0.717, 1.165) is 11.1 Å². The Balaban J connectivity index is 2.01. The molecule has 2 aromatic carbocycles. The fraction of sp³-hybridized carbons (Fsp3) is 0.200. The summed E-state index contributed by atoms with van der Waals surface area (Å²) in [6.45, 7) is 5.45. The molecule has 0 bridgehead atoms. The number of anilines is 1. The first-order chi connectivity index (χ1) is 13.7. The third-order valence-electron chi connectivity index (χ3n) is 4.49. The van der Waals surface area contributed by atoms with Gasteiger partial charge in [0.15, 0.2) is 0 Å². The fourth-order valence-electron chi connectivity index (χ4n) is 3.34. The normalized spacial score (nSPS) is 16.1. The Hall–Kier alpha value is -3.39. The first-order valence-electron chi connectivity index (χ1n) is 8.77. The Morgan fingerprint density at radius 2 is 1.79 bits per heavy atom. The molecule has 0 saturated carbocycles. The molecule has 1 aliphatic rings. The van der Waals surface area contributed by atoms with Crippen molar-refractivity contribution >= 4 is 34.9 Å². The second-order valence-electron chi connectivity index (χ2n) is 6.87. The summed E-state index contributed by atoms with van der Waals surface area (Å²) in [5, 5.41) is 19.3. The van der Waals surface area contributed by atoms with Gasteiger partial charge in [-0.05, 0) is 55.7 Å². The van der Waals surface area contributed by atoms with E-state index < -0.39 is 22.9 Å². The first-order valence-corrected chi connectivity index (χ1v) is 9.15. The molecule has 2 aromatic rings. The van der Waals surface area contributed by atoms with Crippen molar-refractivity contribution in [2.45, 2.75) is 26.8 Å². The predicted octanol–water partition coefficient (Wildman–Crippen LogP) is 4.13. The average Bonchev–Trinajstić information content (AvgIpc) is 2.60. The molecule has 9 heteroatoms. The van der Waals surface area contributed by atoms with Gasteiger partial charge in [-0.2, -0.15) is 0 Å². The van der Waals surface area contributed by atoms with E-state index in [2.05, 4.69) is 16.0 Å². The zero-order chi connectivity index (χ0) is 21.3. The van der Waals surface area contributed by atoms with Gasteiger partial charge in [0.05, 0.1) is 16.5 Å². The molecule has 0 aliphatic carbocycles. The lowest BCUT2D eigenvalue weighted by Gasteiger charge is -2.28. The van der Waals surface area contributed by atoms with Gasteiger partial charge in [0.1, 0.15) is 5.02 Å². The minimum Gasteiger partial charge on any atom is -0.327 e. The molecule has 0 unspecified atom stereocenters. The predicted molar refractivity (Wildman–Crippen MR) is 110 cm³/mol. The third-order valence-corrected chi connectivity index (χ3v) is 4.81. The van der Waals surface area contributed by atoms with E-state index in [4.69, 9.17) is 11.6 Å². The van der Waals surface area contributed by atoms with E-state index >= 15 is 0 Å². The van der Waals surface area contributed by atoms with Crippen molar-refractivity contribution < 1.29 is 14.5 Å². The monoisotopic (exact) mass is 414 g/mol. The van der Waals surface area contributed by atoms with Gasteiger partial charge in [-0.25, -0.2) is 4.79 Å². The van der Waals surface area contributed by atoms with Gasteiger partial charge in [-0.15, -0.1) is 0 Å². The number of hydrogen-bond acceptors (Lipinski definition) is 4. The van der Waals surface area contributed by atoms with Crippen LogP contribution < -0.4 is 16.0 Å². The number of amides is 3. The molecular formula is C20H19ClN4O4. The summed E-state index contributed by atoms with van der Waals surface area (Å²) >= 11 is 5.89. The van der Waals surface area contributed by atoms with E-state index in [0.29, 0.717) is 16.9 Å². The molecule has 1 atom stereocenters. The molecule has 0 aromatic heterocycles. The first kappa shape index (κ1) is 20.3.